The Hall–Kier alpha value is -2.33. The summed E-state index contributed by atoms with van der Waals surface area (Å²) >= 11 is 0. The first-order valence-electron chi connectivity index (χ1n) is 8.36. The Labute approximate surface area is 158 Å². The summed E-state index contributed by atoms with van der Waals surface area (Å²) in [7, 11) is -5.52. The third-order valence-electron chi connectivity index (χ3n) is 4.36. The van der Waals surface area contributed by atoms with Crippen LogP contribution in [0.15, 0.2) is 34.3 Å². The second-order valence-electron chi connectivity index (χ2n) is 6.11. The van der Waals surface area contributed by atoms with Gasteiger partial charge in [0, 0.05) is 12.7 Å². The minimum atomic E-state index is -3.63. The van der Waals surface area contributed by atoms with Gasteiger partial charge in [0.1, 0.15) is 5.69 Å². The van der Waals surface area contributed by atoms with Crippen LogP contribution in [0.2, 0.25) is 0 Å². The number of hydrogen-bond donors (Lipinski definition) is 0. The fraction of sp³-hybridized carbons (Fsp3) is 0.353. The zero-order valence-electron chi connectivity index (χ0n) is 15.5. The van der Waals surface area contributed by atoms with E-state index >= 15 is 0 Å². The number of aryl methyl sites for hydroxylation is 2. The van der Waals surface area contributed by atoms with Crippen LogP contribution in [0.5, 0.6) is 0 Å². The predicted octanol–water partition coefficient (Wildman–Crippen LogP) is 1.93. The molecule has 0 aromatic carbocycles. The maximum absolute atomic E-state index is 12.6. The molecule has 10 heteroatoms. The van der Waals surface area contributed by atoms with E-state index in [0.29, 0.717) is 11.0 Å². The van der Waals surface area contributed by atoms with E-state index < -0.39 is 19.7 Å². The van der Waals surface area contributed by atoms with Crippen molar-refractivity contribution < 1.29 is 16.8 Å². The van der Waals surface area contributed by atoms with Crippen molar-refractivity contribution in [2.45, 2.75) is 30.7 Å². The standard InChI is InChI=1S/C17H20N4O4S2/c1-5-26(22,23)14-7-8-15(27(24,25)6-2)20-16(14)17-19-12-9-11(3)18-10-13(12)21(17)4/h7-10H,5-6H2,1-4H3. The molecule has 27 heavy (non-hydrogen) atoms. The molecule has 0 spiro atoms. The van der Waals surface area contributed by atoms with Crippen molar-refractivity contribution in [3.8, 4) is 11.5 Å². The molecule has 3 rings (SSSR count). The van der Waals surface area contributed by atoms with Crippen LogP contribution in [-0.4, -0.2) is 47.9 Å². The van der Waals surface area contributed by atoms with Crippen LogP contribution >= 0.6 is 0 Å². The molecule has 0 amide bonds. The van der Waals surface area contributed by atoms with E-state index in [1.54, 1.807) is 23.9 Å². The third-order valence-corrected chi connectivity index (χ3v) is 7.75. The van der Waals surface area contributed by atoms with Crippen molar-refractivity contribution in [3.63, 3.8) is 0 Å². The van der Waals surface area contributed by atoms with E-state index in [2.05, 4.69) is 15.0 Å². The third kappa shape index (κ3) is 3.34. The van der Waals surface area contributed by atoms with Crippen molar-refractivity contribution in [2.24, 2.45) is 7.05 Å². The molecule has 144 valence electrons. The monoisotopic (exact) mass is 408 g/mol. The van der Waals surface area contributed by atoms with Gasteiger partial charge >= 0.3 is 0 Å². The molecule has 0 saturated carbocycles. The minimum Gasteiger partial charge on any atom is -0.324 e. The topological polar surface area (TPSA) is 112 Å². The zero-order chi connectivity index (χ0) is 20.0. The summed E-state index contributed by atoms with van der Waals surface area (Å²) in [5.41, 5.74) is 2.12. The van der Waals surface area contributed by atoms with Crippen molar-refractivity contribution in [2.75, 3.05) is 11.5 Å². The van der Waals surface area contributed by atoms with Crippen LogP contribution in [-0.2, 0) is 26.7 Å². The Balaban J connectivity index is 2.39. The molecule has 0 fully saturated rings. The fourth-order valence-electron chi connectivity index (χ4n) is 2.72. The summed E-state index contributed by atoms with van der Waals surface area (Å²) in [5.74, 6) is 0.00880. The molecule has 0 atom stereocenters. The van der Waals surface area contributed by atoms with Gasteiger partial charge in [-0.1, -0.05) is 13.8 Å². The van der Waals surface area contributed by atoms with E-state index in [0.717, 1.165) is 5.69 Å². The van der Waals surface area contributed by atoms with E-state index in [1.165, 1.54) is 26.0 Å². The van der Waals surface area contributed by atoms with Gasteiger partial charge in [0.25, 0.3) is 0 Å². The number of sulfone groups is 2. The molecule has 3 heterocycles. The lowest BCUT2D eigenvalue weighted by Gasteiger charge is -2.11. The highest BCUT2D eigenvalue weighted by Crippen LogP contribution is 2.29. The lowest BCUT2D eigenvalue weighted by molar-refractivity contribution is 0.590. The Kier molecular flexibility index (Phi) is 4.81. The summed E-state index contributed by atoms with van der Waals surface area (Å²) in [4.78, 5) is 12.9. The molecule has 0 aliphatic heterocycles. The number of aromatic nitrogens is 4. The molecule has 0 aliphatic carbocycles. The molecule has 8 nitrogen and oxygen atoms in total. The number of nitrogens with zero attached hydrogens (tertiary/aromatic N) is 4. The summed E-state index contributed by atoms with van der Waals surface area (Å²) in [6.45, 7) is 4.86. The Bertz CT molecular complexity index is 1250. The van der Waals surface area contributed by atoms with Gasteiger partial charge in [0.05, 0.1) is 33.6 Å². The molecule has 0 aliphatic rings. The van der Waals surface area contributed by atoms with Gasteiger partial charge in [0.2, 0.25) is 0 Å². The normalized spacial score (nSPS) is 12.6. The molecule has 0 unspecified atom stereocenters. The number of pyridine rings is 2. The van der Waals surface area contributed by atoms with Crippen LogP contribution in [0.3, 0.4) is 0 Å². The fourth-order valence-corrected chi connectivity index (χ4v) is 4.54. The molecule has 0 bridgehead atoms. The summed E-state index contributed by atoms with van der Waals surface area (Å²) in [5, 5.41) is -0.170. The molecule has 3 aromatic rings. The second-order valence-corrected chi connectivity index (χ2v) is 10.6. The van der Waals surface area contributed by atoms with Crippen LogP contribution in [0.25, 0.3) is 22.6 Å². The highest BCUT2D eigenvalue weighted by Gasteiger charge is 2.26. The quantitative estimate of drug-likeness (QED) is 0.634. The van der Waals surface area contributed by atoms with Gasteiger partial charge in [-0.05, 0) is 25.1 Å². The van der Waals surface area contributed by atoms with Gasteiger partial charge in [-0.15, -0.1) is 0 Å². The van der Waals surface area contributed by atoms with Gasteiger partial charge < -0.3 is 4.57 Å². The largest absolute Gasteiger partial charge is 0.324 e. The molecule has 0 saturated heterocycles. The summed E-state index contributed by atoms with van der Waals surface area (Å²) in [6, 6.07) is 4.31. The van der Waals surface area contributed by atoms with Crippen LogP contribution in [0.1, 0.15) is 19.5 Å². The highest BCUT2D eigenvalue weighted by molar-refractivity contribution is 7.91. The number of imidazole rings is 1. The molecular formula is C17H20N4O4S2. The SMILES string of the molecule is CCS(=O)(=O)c1ccc(S(=O)(=O)CC)c(-c2nc3cc(C)ncc3n2C)n1. The average Bonchev–Trinajstić information content (AvgIpc) is 2.96. The van der Waals surface area contributed by atoms with Gasteiger partial charge in [-0.2, -0.15) is 0 Å². The van der Waals surface area contributed by atoms with Crippen LogP contribution in [0, 0.1) is 6.92 Å². The Morgan fingerprint density at radius 2 is 1.67 bits per heavy atom. The van der Waals surface area contributed by atoms with Crippen molar-refractivity contribution in [3.05, 3.63) is 30.1 Å². The van der Waals surface area contributed by atoms with E-state index in [-0.39, 0.29) is 32.9 Å². The average molecular weight is 409 g/mol. The summed E-state index contributed by atoms with van der Waals surface area (Å²) in [6.07, 6.45) is 1.64. The maximum atomic E-state index is 12.6. The van der Waals surface area contributed by atoms with Gasteiger partial charge in [-0.25, -0.2) is 26.8 Å². The van der Waals surface area contributed by atoms with Crippen molar-refractivity contribution >= 4 is 30.7 Å². The molecule has 0 N–H and O–H groups in total. The minimum absolute atomic E-state index is 0.0303. The number of hydrogen-bond acceptors (Lipinski definition) is 7. The van der Waals surface area contributed by atoms with Gasteiger partial charge in [-0.3, -0.25) is 4.98 Å². The highest BCUT2D eigenvalue weighted by atomic mass is 32.2. The smallest absolute Gasteiger partial charge is 0.195 e. The molecular weight excluding hydrogens is 388 g/mol. The van der Waals surface area contributed by atoms with E-state index in [9.17, 15) is 16.8 Å². The van der Waals surface area contributed by atoms with E-state index in [4.69, 9.17) is 0 Å². The molecule has 3 aromatic heterocycles. The van der Waals surface area contributed by atoms with Crippen molar-refractivity contribution in [1.82, 2.24) is 19.5 Å². The lowest BCUT2D eigenvalue weighted by Crippen LogP contribution is -2.12. The first-order valence-corrected chi connectivity index (χ1v) is 11.7. The second kappa shape index (κ2) is 6.68. The Morgan fingerprint density at radius 3 is 2.30 bits per heavy atom. The maximum Gasteiger partial charge on any atom is 0.195 e. The van der Waals surface area contributed by atoms with Crippen LogP contribution in [0.4, 0.5) is 0 Å². The summed E-state index contributed by atoms with van der Waals surface area (Å²) < 4.78 is 51.3. The molecule has 0 radical (unpaired) electrons. The van der Waals surface area contributed by atoms with Gasteiger partial charge in [0.15, 0.2) is 30.5 Å². The number of rotatable bonds is 5. The van der Waals surface area contributed by atoms with Crippen molar-refractivity contribution in [1.29, 1.82) is 0 Å². The first kappa shape index (κ1) is 19.4. The lowest BCUT2D eigenvalue weighted by atomic mass is 10.3. The Morgan fingerprint density at radius 1 is 1.00 bits per heavy atom. The predicted molar refractivity (Wildman–Crippen MR) is 102 cm³/mol. The van der Waals surface area contributed by atoms with E-state index in [1.807, 2.05) is 6.92 Å². The first-order chi connectivity index (χ1) is 12.6. The zero-order valence-corrected chi connectivity index (χ0v) is 17.1. The van der Waals surface area contributed by atoms with Crippen LogP contribution < -0.4 is 0 Å². The number of fused-ring (bicyclic) bond motifs is 1.